The van der Waals surface area contributed by atoms with Crippen molar-refractivity contribution in [3.05, 3.63) is 83.8 Å². The molecule has 2 N–H and O–H groups in total. The Morgan fingerprint density at radius 3 is 2.62 bits per heavy atom. The fraction of sp³-hybridized carbons (Fsp3) is 0.292. The van der Waals surface area contributed by atoms with Crippen LogP contribution in [0.15, 0.2) is 71.3 Å². The lowest BCUT2D eigenvalue weighted by Crippen LogP contribution is -2.32. The van der Waals surface area contributed by atoms with Gasteiger partial charge in [0.05, 0.1) is 12.9 Å². The molecule has 1 aromatic heterocycles. The second-order valence-corrected chi connectivity index (χ2v) is 7.43. The molecule has 0 bridgehead atoms. The molecular weight excluding hydrogens is 364 g/mol. The molecule has 1 aliphatic heterocycles. The monoisotopic (exact) mass is 390 g/mol. The first kappa shape index (κ1) is 19.4. The highest BCUT2D eigenvalue weighted by atomic mass is 16.3. The predicted molar refractivity (Wildman–Crippen MR) is 112 cm³/mol. The summed E-state index contributed by atoms with van der Waals surface area (Å²) in [5, 5.41) is 12.6. The second-order valence-electron chi connectivity index (χ2n) is 7.43. The Balaban J connectivity index is 1.45. The number of nitrogens with one attached hydrogen (secondary N) is 1. The molecule has 5 heteroatoms. The lowest BCUT2D eigenvalue weighted by molar-refractivity contribution is 0.0924. The van der Waals surface area contributed by atoms with E-state index in [0.717, 1.165) is 42.6 Å². The standard InChI is InChI=1S/C24H26N2O3/c27-17-21-11-6-13-26(21)16-20-10-5-4-9-19(20)15-25-24(28)23-22(12-14-29-23)18-7-2-1-3-8-18/h1-5,7-10,12,14,21,27H,6,11,13,15-17H2,(H,25,28)/t21-/m0/s1. The van der Waals surface area contributed by atoms with E-state index < -0.39 is 0 Å². The van der Waals surface area contributed by atoms with Crippen LogP contribution in [-0.4, -0.2) is 35.1 Å². The number of benzene rings is 2. The molecule has 0 unspecified atom stereocenters. The second kappa shape index (κ2) is 9.07. The van der Waals surface area contributed by atoms with E-state index in [2.05, 4.69) is 16.3 Å². The molecule has 150 valence electrons. The summed E-state index contributed by atoms with van der Waals surface area (Å²) in [4.78, 5) is 15.1. The quantitative estimate of drug-likeness (QED) is 0.643. The van der Waals surface area contributed by atoms with E-state index in [-0.39, 0.29) is 18.6 Å². The number of rotatable bonds is 7. The van der Waals surface area contributed by atoms with Crippen LogP contribution in [0, 0.1) is 0 Å². The van der Waals surface area contributed by atoms with E-state index in [0.29, 0.717) is 12.3 Å². The smallest absolute Gasteiger partial charge is 0.287 e. The molecular formula is C24H26N2O3. The van der Waals surface area contributed by atoms with Crippen LogP contribution in [0.2, 0.25) is 0 Å². The molecule has 1 atom stereocenters. The Kier molecular flexibility index (Phi) is 6.08. The van der Waals surface area contributed by atoms with E-state index in [1.807, 2.05) is 54.6 Å². The molecule has 1 saturated heterocycles. The summed E-state index contributed by atoms with van der Waals surface area (Å²) in [6.45, 7) is 2.41. The van der Waals surface area contributed by atoms with Gasteiger partial charge in [-0.15, -0.1) is 0 Å². The minimum Gasteiger partial charge on any atom is -0.459 e. The van der Waals surface area contributed by atoms with Gasteiger partial charge in [0.1, 0.15) is 0 Å². The highest BCUT2D eigenvalue weighted by Gasteiger charge is 2.24. The van der Waals surface area contributed by atoms with Gasteiger partial charge in [-0.2, -0.15) is 0 Å². The van der Waals surface area contributed by atoms with Crippen LogP contribution < -0.4 is 5.32 Å². The van der Waals surface area contributed by atoms with Crippen molar-refractivity contribution in [2.45, 2.75) is 32.0 Å². The Bertz CT molecular complexity index is 952. The zero-order valence-corrected chi connectivity index (χ0v) is 16.4. The van der Waals surface area contributed by atoms with Crippen molar-refractivity contribution in [1.82, 2.24) is 10.2 Å². The predicted octanol–water partition coefficient (Wildman–Crippen LogP) is 3.83. The number of likely N-dealkylation sites (tertiary alicyclic amines) is 1. The van der Waals surface area contributed by atoms with Crippen LogP contribution in [0.5, 0.6) is 0 Å². The van der Waals surface area contributed by atoms with Crippen LogP contribution in [0.4, 0.5) is 0 Å². The molecule has 0 spiro atoms. The minimum absolute atomic E-state index is 0.194. The van der Waals surface area contributed by atoms with Crippen molar-refractivity contribution >= 4 is 5.91 Å². The average Bonchev–Trinajstić information content (AvgIpc) is 3.43. The van der Waals surface area contributed by atoms with Crippen molar-refractivity contribution in [3.63, 3.8) is 0 Å². The van der Waals surface area contributed by atoms with Crippen LogP contribution >= 0.6 is 0 Å². The zero-order chi connectivity index (χ0) is 20.1. The van der Waals surface area contributed by atoms with Crippen LogP contribution in [-0.2, 0) is 13.1 Å². The van der Waals surface area contributed by atoms with Gasteiger partial charge in [0.25, 0.3) is 5.91 Å². The third kappa shape index (κ3) is 4.42. The Hall–Kier alpha value is -2.89. The SMILES string of the molecule is O=C(NCc1ccccc1CN1CCC[C@H]1CO)c1occc1-c1ccccc1. The van der Waals surface area contributed by atoms with Gasteiger partial charge in [0.2, 0.25) is 0 Å². The number of carbonyl (C=O) groups is 1. The number of furan rings is 1. The molecule has 2 heterocycles. The van der Waals surface area contributed by atoms with Crippen LogP contribution in [0.3, 0.4) is 0 Å². The van der Waals surface area contributed by atoms with Crippen LogP contribution in [0.25, 0.3) is 11.1 Å². The van der Waals surface area contributed by atoms with Gasteiger partial charge in [-0.25, -0.2) is 0 Å². The summed E-state index contributed by atoms with van der Waals surface area (Å²) in [7, 11) is 0. The minimum atomic E-state index is -0.224. The third-order valence-corrected chi connectivity index (χ3v) is 5.60. The fourth-order valence-corrected chi connectivity index (χ4v) is 4.00. The number of aliphatic hydroxyl groups excluding tert-OH is 1. The zero-order valence-electron chi connectivity index (χ0n) is 16.4. The molecule has 1 amide bonds. The highest BCUT2D eigenvalue weighted by Crippen LogP contribution is 2.25. The number of amides is 1. The number of nitrogens with zero attached hydrogens (tertiary/aromatic N) is 1. The number of carbonyl (C=O) groups excluding carboxylic acids is 1. The first-order chi connectivity index (χ1) is 14.3. The summed E-state index contributed by atoms with van der Waals surface area (Å²) in [5.41, 5.74) is 4.00. The molecule has 3 aromatic rings. The van der Waals surface area contributed by atoms with Crippen molar-refractivity contribution < 1.29 is 14.3 Å². The van der Waals surface area contributed by atoms with Gasteiger partial charge >= 0.3 is 0 Å². The normalized spacial score (nSPS) is 16.8. The number of hydrogen-bond donors (Lipinski definition) is 2. The first-order valence-electron chi connectivity index (χ1n) is 10.1. The summed E-state index contributed by atoms with van der Waals surface area (Å²) in [6, 6.07) is 19.9. The molecule has 0 saturated carbocycles. The lowest BCUT2D eigenvalue weighted by Gasteiger charge is -2.24. The van der Waals surface area contributed by atoms with Gasteiger partial charge in [-0.05, 0) is 42.1 Å². The van der Waals surface area contributed by atoms with E-state index in [1.54, 1.807) is 6.26 Å². The maximum atomic E-state index is 12.8. The number of aliphatic hydroxyl groups is 1. The molecule has 0 aliphatic carbocycles. The number of hydrogen-bond acceptors (Lipinski definition) is 4. The summed E-state index contributed by atoms with van der Waals surface area (Å²) >= 11 is 0. The fourth-order valence-electron chi connectivity index (χ4n) is 4.00. The summed E-state index contributed by atoms with van der Waals surface area (Å²) in [5.74, 6) is 0.103. The van der Waals surface area contributed by atoms with Crippen molar-refractivity contribution in [1.29, 1.82) is 0 Å². The summed E-state index contributed by atoms with van der Waals surface area (Å²) in [6.07, 6.45) is 3.70. The molecule has 0 radical (unpaired) electrons. The highest BCUT2D eigenvalue weighted by molar-refractivity contribution is 5.98. The van der Waals surface area contributed by atoms with Gasteiger partial charge in [-0.3, -0.25) is 9.69 Å². The largest absolute Gasteiger partial charge is 0.459 e. The topological polar surface area (TPSA) is 65.7 Å². The Morgan fingerprint density at radius 1 is 1.07 bits per heavy atom. The van der Waals surface area contributed by atoms with Crippen molar-refractivity contribution in [2.75, 3.05) is 13.2 Å². The molecule has 1 fully saturated rings. The maximum Gasteiger partial charge on any atom is 0.287 e. The van der Waals surface area contributed by atoms with E-state index >= 15 is 0 Å². The van der Waals surface area contributed by atoms with E-state index in [4.69, 9.17) is 4.42 Å². The van der Waals surface area contributed by atoms with Crippen LogP contribution in [0.1, 0.15) is 34.5 Å². The van der Waals surface area contributed by atoms with Gasteiger partial charge in [0, 0.05) is 24.7 Å². The molecule has 5 nitrogen and oxygen atoms in total. The molecule has 2 aromatic carbocycles. The van der Waals surface area contributed by atoms with E-state index in [9.17, 15) is 9.90 Å². The van der Waals surface area contributed by atoms with Gasteiger partial charge in [0.15, 0.2) is 5.76 Å². The lowest BCUT2D eigenvalue weighted by atomic mass is 10.1. The van der Waals surface area contributed by atoms with Gasteiger partial charge in [-0.1, -0.05) is 54.6 Å². The Morgan fingerprint density at radius 2 is 1.83 bits per heavy atom. The Labute approximate surface area is 171 Å². The van der Waals surface area contributed by atoms with Gasteiger partial charge < -0.3 is 14.8 Å². The molecule has 4 rings (SSSR count). The maximum absolute atomic E-state index is 12.8. The van der Waals surface area contributed by atoms with Crippen molar-refractivity contribution in [2.24, 2.45) is 0 Å². The van der Waals surface area contributed by atoms with E-state index in [1.165, 1.54) is 5.56 Å². The molecule has 1 aliphatic rings. The summed E-state index contributed by atoms with van der Waals surface area (Å²) < 4.78 is 5.49. The van der Waals surface area contributed by atoms with Crippen molar-refractivity contribution in [3.8, 4) is 11.1 Å². The molecule has 29 heavy (non-hydrogen) atoms. The first-order valence-corrected chi connectivity index (χ1v) is 10.1. The third-order valence-electron chi connectivity index (χ3n) is 5.60. The average molecular weight is 390 g/mol.